The van der Waals surface area contributed by atoms with Crippen LogP contribution in [0, 0.1) is 0 Å². The third kappa shape index (κ3) is 4.01. The van der Waals surface area contributed by atoms with Gasteiger partial charge in [0.15, 0.2) is 0 Å². The Morgan fingerprint density at radius 2 is 1.29 bits per heavy atom. The molecule has 0 aromatic rings. The predicted molar refractivity (Wildman–Crippen MR) is 77.7 cm³/mol. The average molecular weight is 245 g/mol. The SMILES string of the molecule is C[CH]([Al][CH](C)C1=CCCCC1)C1=CCCCC1. The van der Waals surface area contributed by atoms with Crippen molar-refractivity contribution >= 4 is 15.2 Å². The molecule has 0 saturated heterocycles. The summed E-state index contributed by atoms with van der Waals surface area (Å²) in [6, 6.07) is 0. The molecule has 0 fully saturated rings. The molecular weight excluding hydrogens is 219 g/mol. The fourth-order valence-electron chi connectivity index (χ4n) is 3.23. The van der Waals surface area contributed by atoms with E-state index in [1.165, 1.54) is 51.4 Å². The molecule has 0 aromatic carbocycles. The number of hydrogen-bond acceptors (Lipinski definition) is 0. The van der Waals surface area contributed by atoms with Gasteiger partial charge in [0.05, 0.1) is 0 Å². The number of allylic oxidation sites excluding steroid dienone is 4. The molecule has 2 aliphatic carbocycles. The number of hydrogen-bond donors (Lipinski definition) is 0. The first-order valence-corrected chi connectivity index (χ1v) is 8.83. The Bertz CT molecular complexity index is 271. The molecule has 0 heterocycles. The second-order valence-electron chi connectivity index (χ2n) is 5.82. The molecule has 0 aliphatic heterocycles. The van der Waals surface area contributed by atoms with E-state index in [-0.39, 0.29) is 0 Å². The standard InChI is InChI=1S/2C8H13.Al/c2*1-2-8-6-4-3-5-7-8;/h2*2,6H,3-5,7H2,1H3;. The Morgan fingerprint density at radius 1 is 0.824 bits per heavy atom. The van der Waals surface area contributed by atoms with Gasteiger partial charge in [0.2, 0.25) is 15.2 Å². The summed E-state index contributed by atoms with van der Waals surface area (Å²) in [5, 5.41) is 0. The molecule has 2 aliphatic rings. The van der Waals surface area contributed by atoms with Crippen molar-refractivity contribution in [3.63, 3.8) is 0 Å². The maximum absolute atomic E-state index is 2.54. The maximum atomic E-state index is 2.54. The second-order valence-corrected chi connectivity index (χ2v) is 8.20. The van der Waals surface area contributed by atoms with Crippen LogP contribution in [0.4, 0.5) is 0 Å². The molecule has 0 amide bonds. The molecule has 0 bridgehead atoms. The van der Waals surface area contributed by atoms with Crippen LogP contribution >= 0.6 is 0 Å². The van der Waals surface area contributed by atoms with E-state index in [1.54, 1.807) is 11.1 Å². The van der Waals surface area contributed by atoms with Crippen LogP contribution in [0.2, 0.25) is 9.56 Å². The van der Waals surface area contributed by atoms with Gasteiger partial charge in [0.25, 0.3) is 0 Å². The van der Waals surface area contributed by atoms with Crippen molar-refractivity contribution in [2.24, 2.45) is 0 Å². The lowest BCUT2D eigenvalue weighted by molar-refractivity contribution is 0.672. The minimum Gasteiger partial charge on any atom is -0.0863 e. The summed E-state index contributed by atoms with van der Waals surface area (Å²) in [6.07, 6.45) is 16.3. The molecule has 93 valence electrons. The average Bonchev–Trinajstić information content (AvgIpc) is 2.40. The van der Waals surface area contributed by atoms with Crippen LogP contribution in [0.1, 0.15) is 65.2 Å². The predicted octanol–water partition coefficient (Wildman–Crippen LogP) is 5.31. The Hall–Kier alpha value is 0.0125. The van der Waals surface area contributed by atoms with Crippen molar-refractivity contribution in [1.29, 1.82) is 0 Å². The van der Waals surface area contributed by atoms with Crippen molar-refractivity contribution in [3.8, 4) is 0 Å². The monoisotopic (exact) mass is 245 g/mol. The van der Waals surface area contributed by atoms with Crippen molar-refractivity contribution in [2.75, 3.05) is 0 Å². The summed E-state index contributed by atoms with van der Waals surface area (Å²) in [6.45, 7) is 4.96. The van der Waals surface area contributed by atoms with Crippen LogP contribution in [-0.4, -0.2) is 15.2 Å². The van der Waals surface area contributed by atoms with E-state index in [1.807, 2.05) is 0 Å². The summed E-state index contributed by atoms with van der Waals surface area (Å²) < 4.78 is 1.79. The fourth-order valence-corrected chi connectivity index (χ4v) is 5.20. The molecule has 0 spiro atoms. The van der Waals surface area contributed by atoms with Gasteiger partial charge in [-0.2, -0.15) is 0 Å². The molecule has 2 unspecified atom stereocenters. The smallest absolute Gasteiger partial charge is 0.0863 e. The van der Waals surface area contributed by atoms with Gasteiger partial charge in [-0.15, -0.1) is 0 Å². The van der Waals surface area contributed by atoms with E-state index in [0.29, 0.717) is 15.2 Å². The fraction of sp³-hybridized carbons (Fsp3) is 0.750. The van der Waals surface area contributed by atoms with E-state index in [2.05, 4.69) is 26.0 Å². The largest absolute Gasteiger partial charge is 0.222 e. The summed E-state index contributed by atoms with van der Waals surface area (Å²) in [7, 11) is 0. The Kier molecular flexibility index (Phi) is 5.39. The zero-order valence-electron chi connectivity index (χ0n) is 11.5. The van der Waals surface area contributed by atoms with Crippen LogP contribution in [0.25, 0.3) is 0 Å². The highest BCUT2D eigenvalue weighted by molar-refractivity contribution is 6.41. The third-order valence-electron chi connectivity index (χ3n) is 4.40. The topological polar surface area (TPSA) is 0 Å². The Labute approximate surface area is 113 Å². The molecule has 0 aromatic heterocycles. The minimum absolute atomic E-state index is 0.569. The second kappa shape index (κ2) is 6.81. The van der Waals surface area contributed by atoms with Gasteiger partial charge in [-0.05, 0) is 51.4 Å². The summed E-state index contributed by atoms with van der Waals surface area (Å²) in [5.74, 6) is 0. The molecule has 17 heavy (non-hydrogen) atoms. The van der Waals surface area contributed by atoms with Crippen molar-refractivity contribution < 1.29 is 0 Å². The quantitative estimate of drug-likeness (QED) is 0.465. The molecule has 1 heteroatoms. The molecule has 1 radical (unpaired) electrons. The van der Waals surface area contributed by atoms with Gasteiger partial charge >= 0.3 is 0 Å². The molecule has 2 atom stereocenters. The van der Waals surface area contributed by atoms with Crippen molar-refractivity contribution in [1.82, 2.24) is 0 Å². The first-order valence-electron chi connectivity index (χ1n) is 7.50. The van der Waals surface area contributed by atoms with Crippen LogP contribution in [0.5, 0.6) is 0 Å². The lowest BCUT2D eigenvalue weighted by Gasteiger charge is -2.25. The highest BCUT2D eigenvalue weighted by atomic mass is 27.1. The van der Waals surface area contributed by atoms with Gasteiger partial charge in [-0.25, -0.2) is 0 Å². The van der Waals surface area contributed by atoms with E-state index in [9.17, 15) is 0 Å². The molecule has 0 saturated carbocycles. The first-order chi connectivity index (χ1) is 8.27. The molecule has 0 nitrogen and oxygen atoms in total. The van der Waals surface area contributed by atoms with Crippen molar-refractivity contribution in [2.45, 2.75) is 74.8 Å². The lowest BCUT2D eigenvalue weighted by Crippen LogP contribution is -2.13. The highest BCUT2D eigenvalue weighted by Crippen LogP contribution is 2.34. The van der Waals surface area contributed by atoms with Gasteiger partial charge in [0.1, 0.15) is 0 Å². The molecule has 2 rings (SSSR count). The van der Waals surface area contributed by atoms with Crippen molar-refractivity contribution in [3.05, 3.63) is 23.3 Å². The van der Waals surface area contributed by atoms with E-state index in [0.717, 1.165) is 9.56 Å². The highest BCUT2D eigenvalue weighted by Gasteiger charge is 2.19. The number of rotatable bonds is 4. The molecular formula is C16H26Al. The summed E-state index contributed by atoms with van der Waals surface area (Å²) >= 11 is 0.569. The van der Waals surface area contributed by atoms with Gasteiger partial charge in [-0.1, -0.05) is 46.7 Å². The van der Waals surface area contributed by atoms with Gasteiger partial charge in [-0.3, -0.25) is 0 Å². The van der Waals surface area contributed by atoms with E-state index < -0.39 is 0 Å². The zero-order valence-corrected chi connectivity index (χ0v) is 12.7. The maximum Gasteiger partial charge on any atom is 0.222 e. The zero-order chi connectivity index (χ0) is 12.1. The molecule has 0 N–H and O–H groups in total. The third-order valence-corrected chi connectivity index (χ3v) is 6.41. The van der Waals surface area contributed by atoms with E-state index >= 15 is 0 Å². The Balaban J connectivity index is 1.86. The van der Waals surface area contributed by atoms with Crippen LogP contribution in [0.3, 0.4) is 0 Å². The minimum atomic E-state index is 0.569. The normalized spacial score (nSPS) is 24.6. The van der Waals surface area contributed by atoms with Gasteiger partial charge in [0, 0.05) is 0 Å². The summed E-state index contributed by atoms with van der Waals surface area (Å²) in [4.78, 5) is 0. The van der Waals surface area contributed by atoms with Gasteiger partial charge < -0.3 is 0 Å². The van der Waals surface area contributed by atoms with Crippen LogP contribution < -0.4 is 0 Å². The van der Waals surface area contributed by atoms with Crippen LogP contribution in [0.15, 0.2) is 23.3 Å². The first kappa shape index (κ1) is 13.4. The summed E-state index contributed by atoms with van der Waals surface area (Å²) in [5.41, 5.74) is 3.57. The Morgan fingerprint density at radius 3 is 1.65 bits per heavy atom. The van der Waals surface area contributed by atoms with Crippen LogP contribution in [-0.2, 0) is 0 Å². The van der Waals surface area contributed by atoms with E-state index in [4.69, 9.17) is 0 Å². The lowest BCUT2D eigenvalue weighted by atomic mass is 9.97.